The second-order valence-corrected chi connectivity index (χ2v) is 6.82. The number of hydrogen-bond acceptors (Lipinski definition) is 3. The van der Waals surface area contributed by atoms with Crippen LogP contribution in [0.15, 0.2) is 0 Å². The zero-order chi connectivity index (χ0) is 13.0. The van der Waals surface area contributed by atoms with Crippen LogP contribution in [-0.2, 0) is 11.2 Å². The molecule has 0 unspecified atom stereocenters. The van der Waals surface area contributed by atoms with Crippen molar-refractivity contribution in [3.8, 4) is 0 Å². The lowest BCUT2D eigenvalue weighted by Gasteiger charge is -2.21. The normalized spacial score (nSPS) is 16.7. The van der Waals surface area contributed by atoms with Gasteiger partial charge in [0.1, 0.15) is 0 Å². The molecule has 2 rings (SSSR count). The number of aromatic amines is 1. The van der Waals surface area contributed by atoms with E-state index < -0.39 is 0 Å². The molecular formula is C13H20N2OS2. The van der Waals surface area contributed by atoms with Gasteiger partial charge in [0.15, 0.2) is 3.95 Å². The van der Waals surface area contributed by atoms with Crippen molar-refractivity contribution in [2.24, 2.45) is 5.92 Å². The van der Waals surface area contributed by atoms with Crippen LogP contribution in [0.3, 0.4) is 0 Å². The van der Waals surface area contributed by atoms with E-state index in [9.17, 15) is 4.79 Å². The predicted molar refractivity (Wildman–Crippen MR) is 77.5 cm³/mol. The number of rotatable bonds is 4. The summed E-state index contributed by atoms with van der Waals surface area (Å²) in [7, 11) is 0. The Morgan fingerprint density at radius 2 is 2.17 bits per heavy atom. The SMILES string of the molecule is Cc1[nH]c(=S)sc1CC(=O)NCC1CCCCC1. The Labute approximate surface area is 117 Å². The topological polar surface area (TPSA) is 44.9 Å². The predicted octanol–water partition coefficient (Wildman–Crippen LogP) is 3.35. The number of thiazole rings is 1. The van der Waals surface area contributed by atoms with Crippen LogP contribution in [0.1, 0.15) is 42.7 Å². The molecule has 5 heteroatoms. The summed E-state index contributed by atoms with van der Waals surface area (Å²) in [6, 6.07) is 0. The van der Waals surface area contributed by atoms with Gasteiger partial charge in [0.2, 0.25) is 5.91 Å². The molecule has 0 atom stereocenters. The van der Waals surface area contributed by atoms with Gasteiger partial charge in [-0.05, 0) is 37.9 Å². The molecule has 2 N–H and O–H groups in total. The molecular weight excluding hydrogens is 264 g/mol. The van der Waals surface area contributed by atoms with Gasteiger partial charge in [0, 0.05) is 17.1 Å². The maximum absolute atomic E-state index is 11.9. The fourth-order valence-electron chi connectivity index (χ4n) is 2.46. The highest BCUT2D eigenvalue weighted by Crippen LogP contribution is 2.22. The van der Waals surface area contributed by atoms with Crippen LogP contribution >= 0.6 is 23.6 Å². The number of aromatic nitrogens is 1. The summed E-state index contributed by atoms with van der Waals surface area (Å²) in [6.45, 7) is 2.81. The fourth-order valence-corrected chi connectivity index (χ4v) is 3.75. The minimum atomic E-state index is 0.119. The van der Waals surface area contributed by atoms with Crippen molar-refractivity contribution in [2.75, 3.05) is 6.54 Å². The maximum Gasteiger partial charge on any atom is 0.225 e. The Kier molecular flexibility index (Phi) is 4.95. The third-order valence-electron chi connectivity index (χ3n) is 3.56. The summed E-state index contributed by atoms with van der Waals surface area (Å²) in [5.41, 5.74) is 1.03. The van der Waals surface area contributed by atoms with E-state index in [-0.39, 0.29) is 5.91 Å². The molecule has 1 aromatic rings. The largest absolute Gasteiger partial charge is 0.356 e. The van der Waals surface area contributed by atoms with E-state index in [0.29, 0.717) is 12.3 Å². The van der Waals surface area contributed by atoms with Gasteiger partial charge >= 0.3 is 0 Å². The van der Waals surface area contributed by atoms with Crippen molar-refractivity contribution >= 4 is 29.5 Å². The summed E-state index contributed by atoms with van der Waals surface area (Å²) in [6.07, 6.45) is 6.98. The number of carbonyl (C=O) groups excluding carboxylic acids is 1. The molecule has 0 spiro atoms. The van der Waals surface area contributed by atoms with Crippen molar-refractivity contribution in [1.29, 1.82) is 0 Å². The molecule has 1 aliphatic rings. The molecule has 0 bridgehead atoms. The molecule has 0 saturated heterocycles. The van der Waals surface area contributed by atoms with E-state index >= 15 is 0 Å². The first-order chi connectivity index (χ1) is 8.65. The minimum Gasteiger partial charge on any atom is -0.356 e. The first-order valence-corrected chi connectivity index (χ1v) is 7.83. The number of nitrogens with one attached hydrogen (secondary N) is 2. The van der Waals surface area contributed by atoms with Crippen molar-refractivity contribution in [3.63, 3.8) is 0 Å². The van der Waals surface area contributed by atoms with Crippen molar-refractivity contribution in [3.05, 3.63) is 14.5 Å². The van der Waals surface area contributed by atoms with Gasteiger partial charge in [-0.3, -0.25) is 4.79 Å². The molecule has 100 valence electrons. The molecule has 1 amide bonds. The molecule has 1 heterocycles. The molecule has 1 saturated carbocycles. The molecule has 0 aliphatic heterocycles. The molecule has 1 aliphatic carbocycles. The van der Waals surface area contributed by atoms with Crippen LogP contribution in [0.2, 0.25) is 0 Å². The standard InChI is InChI=1S/C13H20N2OS2/c1-9-11(18-13(17)15-9)7-12(16)14-8-10-5-3-2-4-6-10/h10H,2-8H2,1H3,(H,14,16)(H,15,17). The summed E-state index contributed by atoms with van der Waals surface area (Å²) in [5.74, 6) is 0.808. The van der Waals surface area contributed by atoms with Crippen LogP contribution in [-0.4, -0.2) is 17.4 Å². The zero-order valence-corrected chi connectivity index (χ0v) is 12.4. The first kappa shape index (κ1) is 13.7. The lowest BCUT2D eigenvalue weighted by molar-refractivity contribution is -0.120. The van der Waals surface area contributed by atoms with E-state index in [4.69, 9.17) is 12.2 Å². The average molecular weight is 284 g/mol. The second-order valence-electron chi connectivity index (χ2n) is 5.05. The van der Waals surface area contributed by atoms with E-state index in [1.54, 1.807) is 0 Å². The fraction of sp³-hybridized carbons (Fsp3) is 0.692. The van der Waals surface area contributed by atoms with Gasteiger partial charge in [0.25, 0.3) is 0 Å². The molecule has 0 radical (unpaired) electrons. The Morgan fingerprint density at radius 1 is 1.44 bits per heavy atom. The van der Waals surface area contributed by atoms with Crippen LogP contribution in [0.4, 0.5) is 0 Å². The van der Waals surface area contributed by atoms with Crippen molar-refractivity contribution in [1.82, 2.24) is 10.3 Å². The Morgan fingerprint density at radius 3 is 2.78 bits per heavy atom. The summed E-state index contributed by atoms with van der Waals surface area (Å²) < 4.78 is 0.752. The molecule has 1 aromatic heterocycles. The molecule has 3 nitrogen and oxygen atoms in total. The third-order valence-corrected chi connectivity index (χ3v) is 4.89. The van der Waals surface area contributed by atoms with Crippen molar-refractivity contribution in [2.45, 2.75) is 45.4 Å². The second kappa shape index (κ2) is 6.48. The first-order valence-electron chi connectivity index (χ1n) is 6.60. The highest BCUT2D eigenvalue weighted by atomic mass is 32.1. The van der Waals surface area contributed by atoms with E-state index in [2.05, 4.69) is 10.3 Å². The molecule has 18 heavy (non-hydrogen) atoms. The molecule has 1 fully saturated rings. The van der Waals surface area contributed by atoms with Crippen molar-refractivity contribution < 1.29 is 4.79 Å². The highest BCUT2D eigenvalue weighted by molar-refractivity contribution is 7.73. The summed E-state index contributed by atoms with van der Waals surface area (Å²) in [4.78, 5) is 16.0. The minimum absolute atomic E-state index is 0.119. The number of aryl methyl sites for hydroxylation is 1. The van der Waals surface area contributed by atoms with Gasteiger partial charge in [-0.2, -0.15) is 0 Å². The zero-order valence-electron chi connectivity index (χ0n) is 10.8. The highest BCUT2D eigenvalue weighted by Gasteiger charge is 2.15. The van der Waals surface area contributed by atoms with Crippen LogP contribution < -0.4 is 5.32 Å². The van der Waals surface area contributed by atoms with E-state index in [1.165, 1.54) is 43.4 Å². The lowest BCUT2D eigenvalue weighted by Crippen LogP contribution is -2.31. The number of hydrogen-bond donors (Lipinski definition) is 2. The van der Waals surface area contributed by atoms with E-state index in [0.717, 1.165) is 21.1 Å². The number of amides is 1. The summed E-state index contributed by atoms with van der Waals surface area (Å²) in [5, 5.41) is 3.06. The number of carbonyl (C=O) groups is 1. The summed E-state index contributed by atoms with van der Waals surface area (Å²) >= 11 is 6.57. The van der Waals surface area contributed by atoms with Crippen LogP contribution in [0.25, 0.3) is 0 Å². The van der Waals surface area contributed by atoms with Gasteiger partial charge < -0.3 is 10.3 Å². The Bertz CT molecular complexity index is 458. The number of H-pyrrole nitrogens is 1. The Hall–Kier alpha value is -0.680. The quantitative estimate of drug-likeness (QED) is 0.833. The lowest BCUT2D eigenvalue weighted by atomic mass is 9.89. The maximum atomic E-state index is 11.9. The van der Waals surface area contributed by atoms with Gasteiger partial charge in [-0.1, -0.05) is 19.3 Å². The third kappa shape index (κ3) is 3.92. The van der Waals surface area contributed by atoms with Crippen LogP contribution in [0, 0.1) is 16.8 Å². The van der Waals surface area contributed by atoms with Crippen LogP contribution in [0.5, 0.6) is 0 Å². The van der Waals surface area contributed by atoms with Gasteiger partial charge in [-0.15, -0.1) is 11.3 Å². The van der Waals surface area contributed by atoms with E-state index in [1.807, 2.05) is 6.92 Å². The Balaban J connectivity index is 1.78. The van der Waals surface area contributed by atoms with Gasteiger partial charge in [-0.25, -0.2) is 0 Å². The van der Waals surface area contributed by atoms with Gasteiger partial charge in [0.05, 0.1) is 6.42 Å². The smallest absolute Gasteiger partial charge is 0.225 e. The average Bonchev–Trinajstić information content (AvgIpc) is 2.67. The molecule has 0 aromatic carbocycles. The monoisotopic (exact) mass is 284 g/mol.